The summed E-state index contributed by atoms with van der Waals surface area (Å²) in [6.07, 6.45) is 1.34. The van der Waals surface area contributed by atoms with Crippen molar-refractivity contribution in [3.63, 3.8) is 0 Å². The number of amides is 1. The van der Waals surface area contributed by atoms with Gasteiger partial charge in [-0.25, -0.2) is 8.42 Å². The Kier molecular flexibility index (Phi) is 5.46. The minimum absolute atomic E-state index is 0.0380. The first-order valence-corrected chi connectivity index (χ1v) is 10.5. The first-order chi connectivity index (χ1) is 11.9. The molecule has 138 valence electrons. The summed E-state index contributed by atoms with van der Waals surface area (Å²) in [5.74, 6) is -0.0380. The van der Waals surface area contributed by atoms with Crippen molar-refractivity contribution < 1.29 is 13.2 Å². The Morgan fingerprint density at radius 2 is 1.72 bits per heavy atom. The Bertz CT molecular complexity index is 710. The quantitative estimate of drug-likeness (QED) is 0.807. The zero-order valence-electron chi connectivity index (χ0n) is 15.0. The van der Waals surface area contributed by atoms with Gasteiger partial charge in [0, 0.05) is 32.7 Å². The van der Waals surface area contributed by atoms with Crippen molar-refractivity contribution in [2.45, 2.75) is 37.6 Å². The van der Waals surface area contributed by atoms with Gasteiger partial charge >= 0.3 is 0 Å². The largest absolute Gasteiger partial charge is 0.339 e. The molecule has 0 aromatic heterocycles. The van der Waals surface area contributed by atoms with E-state index in [1.165, 1.54) is 4.31 Å². The maximum absolute atomic E-state index is 13.0. The number of aryl methyl sites for hydroxylation is 1. The van der Waals surface area contributed by atoms with Crippen molar-refractivity contribution in [2.24, 2.45) is 0 Å². The van der Waals surface area contributed by atoms with Crippen LogP contribution in [0.15, 0.2) is 29.2 Å². The van der Waals surface area contributed by atoms with E-state index in [0.29, 0.717) is 26.1 Å². The summed E-state index contributed by atoms with van der Waals surface area (Å²) >= 11 is 0. The number of piperazine rings is 1. The van der Waals surface area contributed by atoms with Gasteiger partial charge in [-0.1, -0.05) is 24.6 Å². The van der Waals surface area contributed by atoms with Crippen LogP contribution in [0, 0.1) is 6.92 Å². The van der Waals surface area contributed by atoms with Crippen LogP contribution < -0.4 is 0 Å². The minimum Gasteiger partial charge on any atom is -0.339 e. The number of likely N-dealkylation sites (N-methyl/N-ethyl adjacent to an activating group) is 1. The number of nitrogens with zero attached hydrogens (tertiary/aromatic N) is 3. The third-order valence-electron chi connectivity index (χ3n) is 5.25. The highest BCUT2D eigenvalue weighted by molar-refractivity contribution is 7.89. The van der Waals surface area contributed by atoms with Crippen molar-refractivity contribution in [2.75, 3.05) is 39.3 Å². The standard InChI is InChI=1S/C18H27N3O3S/c1-3-19-11-13-20(14-12-19)18(22)17-5-4-10-21(17)25(23,24)16-8-6-15(2)7-9-16/h6-9,17H,3-5,10-14H2,1-2H3. The highest BCUT2D eigenvalue weighted by atomic mass is 32.2. The maximum atomic E-state index is 13.0. The lowest BCUT2D eigenvalue weighted by atomic mass is 10.2. The van der Waals surface area contributed by atoms with E-state index in [9.17, 15) is 13.2 Å². The summed E-state index contributed by atoms with van der Waals surface area (Å²) in [6.45, 7) is 8.53. The van der Waals surface area contributed by atoms with Crippen LogP contribution in [-0.2, 0) is 14.8 Å². The van der Waals surface area contributed by atoms with Gasteiger partial charge in [0.1, 0.15) is 6.04 Å². The van der Waals surface area contributed by atoms with Gasteiger partial charge in [-0.2, -0.15) is 4.31 Å². The Labute approximate surface area is 150 Å². The molecule has 3 rings (SSSR count). The normalized spacial score (nSPS) is 23.1. The monoisotopic (exact) mass is 365 g/mol. The molecule has 0 N–H and O–H groups in total. The zero-order valence-corrected chi connectivity index (χ0v) is 15.8. The average molecular weight is 365 g/mol. The molecule has 1 atom stereocenters. The number of benzene rings is 1. The lowest BCUT2D eigenvalue weighted by molar-refractivity contribution is -0.136. The molecule has 0 saturated carbocycles. The predicted octanol–water partition coefficient (Wildman–Crippen LogP) is 1.31. The van der Waals surface area contributed by atoms with Crippen LogP contribution in [-0.4, -0.2) is 73.7 Å². The summed E-state index contributed by atoms with van der Waals surface area (Å²) in [5.41, 5.74) is 1.02. The molecular weight excluding hydrogens is 338 g/mol. The van der Waals surface area contributed by atoms with Crippen molar-refractivity contribution in [1.29, 1.82) is 0 Å². The highest BCUT2D eigenvalue weighted by Gasteiger charge is 2.41. The highest BCUT2D eigenvalue weighted by Crippen LogP contribution is 2.27. The molecule has 1 amide bonds. The average Bonchev–Trinajstić information content (AvgIpc) is 3.12. The molecule has 6 nitrogen and oxygen atoms in total. The fraction of sp³-hybridized carbons (Fsp3) is 0.611. The van der Waals surface area contributed by atoms with Crippen LogP contribution in [0.5, 0.6) is 0 Å². The lowest BCUT2D eigenvalue weighted by Gasteiger charge is -2.36. The van der Waals surface area contributed by atoms with Crippen LogP contribution in [0.1, 0.15) is 25.3 Å². The molecular formula is C18H27N3O3S. The molecule has 1 aromatic rings. The summed E-state index contributed by atoms with van der Waals surface area (Å²) in [5, 5.41) is 0. The number of hydrogen-bond acceptors (Lipinski definition) is 4. The van der Waals surface area contributed by atoms with Gasteiger partial charge in [0.25, 0.3) is 0 Å². The zero-order chi connectivity index (χ0) is 18.0. The fourth-order valence-corrected chi connectivity index (χ4v) is 5.27. The first kappa shape index (κ1) is 18.4. The SMILES string of the molecule is CCN1CCN(C(=O)C2CCCN2S(=O)(=O)c2ccc(C)cc2)CC1. The van der Waals surface area contributed by atoms with Crippen LogP contribution in [0.25, 0.3) is 0 Å². The van der Waals surface area contributed by atoms with E-state index in [-0.39, 0.29) is 10.8 Å². The Morgan fingerprint density at radius 3 is 2.32 bits per heavy atom. The minimum atomic E-state index is -3.63. The molecule has 1 aromatic carbocycles. The summed E-state index contributed by atoms with van der Waals surface area (Å²) in [6, 6.07) is 6.29. The Hall–Kier alpha value is -1.44. The molecule has 2 aliphatic rings. The third kappa shape index (κ3) is 3.73. The number of sulfonamides is 1. The Balaban J connectivity index is 1.76. The van der Waals surface area contributed by atoms with Gasteiger partial charge in [0.15, 0.2) is 0 Å². The molecule has 2 fully saturated rings. The van der Waals surface area contributed by atoms with Crippen LogP contribution in [0.4, 0.5) is 0 Å². The Morgan fingerprint density at radius 1 is 1.08 bits per heavy atom. The molecule has 2 aliphatic heterocycles. The predicted molar refractivity (Wildman–Crippen MR) is 96.8 cm³/mol. The van der Waals surface area contributed by atoms with Gasteiger partial charge in [-0.3, -0.25) is 4.79 Å². The van der Waals surface area contributed by atoms with Crippen LogP contribution in [0.2, 0.25) is 0 Å². The van der Waals surface area contributed by atoms with Crippen molar-refractivity contribution >= 4 is 15.9 Å². The molecule has 7 heteroatoms. The fourth-order valence-electron chi connectivity index (χ4n) is 3.62. The van der Waals surface area contributed by atoms with Gasteiger partial charge in [-0.15, -0.1) is 0 Å². The third-order valence-corrected chi connectivity index (χ3v) is 7.17. The van der Waals surface area contributed by atoms with E-state index in [2.05, 4.69) is 11.8 Å². The topological polar surface area (TPSA) is 60.9 Å². The second-order valence-electron chi connectivity index (χ2n) is 6.85. The smallest absolute Gasteiger partial charge is 0.243 e. The van der Waals surface area contributed by atoms with E-state index < -0.39 is 16.1 Å². The second-order valence-corrected chi connectivity index (χ2v) is 8.74. The van der Waals surface area contributed by atoms with E-state index in [1.54, 1.807) is 24.3 Å². The number of hydrogen-bond donors (Lipinski definition) is 0. The van der Waals surface area contributed by atoms with Gasteiger partial charge in [-0.05, 0) is 38.4 Å². The van der Waals surface area contributed by atoms with Crippen molar-refractivity contribution in [3.8, 4) is 0 Å². The molecule has 2 saturated heterocycles. The second kappa shape index (κ2) is 7.43. The maximum Gasteiger partial charge on any atom is 0.243 e. The molecule has 0 bridgehead atoms. The molecule has 25 heavy (non-hydrogen) atoms. The van der Waals surface area contributed by atoms with Crippen LogP contribution >= 0.6 is 0 Å². The van der Waals surface area contributed by atoms with E-state index >= 15 is 0 Å². The number of carbonyl (C=O) groups is 1. The van der Waals surface area contributed by atoms with E-state index in [4.69, 9.17) is 0 Å². The van der Waals surface area contributed by atoms with E-state index in [0.717, 1.165) is 31.6 Å². The number of rotatable bonds is 4. The molecule has 0 radical (unpaired) electrons. The van der Waals surface area contributed by atoms with Crippen molar-refractivity contribution in [1.82, 2.24) is 14.1 Å². The van der Waals surface area contributed by atoms with Gasteiger partial charge < -0.3 is 9.80 Å². The first-order valence-electron chi connectivity index (χ1n) is 9.03. The van der Waals surface area contributed by atoms with Crippen molar-refractivity contribution in [3.05, 3.63) is 29.8 Å². The summed E-state index contributed by atoms with van der Waals surface area (Å²) < 4.78 is 27.4. The van der Waals surface area contributed by atoms with Gasteiger partial charge in [0.05, 0.1) is 4.90 Å². The van der Waals surface area contributed by atoms with E-state index in [1.807, 2.05) is 11.8 Å². The van der Waals surface area contributed by atoms with Gasteiger partial charge in [0.2, 0.25) is 15.9 Å². The van der Waals surface area contributed by atoms with Crippen LogP contribution in [0.3, 0.4) is 0 Å². The lowest BCUT2D eigenvalue weighted by Crippen LogP contribution is -2.54. The summed E-state index contributed by atoms with van der Waals surface area (Å²) in [4.78, 5) is 17.3. The number of carbonyl (C=O) groups excluding carboxylic acids is 1. The molecule has 1 unspecified atom stereocenters. The summed E-state index contributed by atoms with van der Waals surface area (Å²) in [7, 11) is -3.63. The molecule has 0 spiro atoms. The molecule has 0 aliphatic carbocycles. The molecule has 2 heterocycles.